The summed E-state index contributed by atoms with van der Waals surface area (Å²) in [5.41, 5.74) is 4.74. The molecule has 0 aromatic heterocycles. The number of hydrogen-bond donors (Lipinski definition) is 0. The van der Waals surface area contributed by atoms with E-state index in [2.05, 4.69) is 5.73 Å². The molecule has 0 radical (unpaired) electrons. The number of carbonyl (C=O) groups is 2. The normalized spacial score (nSPS) is 19.9. The fourth-order valence-corrected chi connectivity index (χ4v) is 1.79. The van der Waals surface area contributed by atoms with Gasteiger partial charge in [-0.15, -0.1) is 5.73 Å². The molecule has 5 nitrogen and oxygen atoms in total. The maximum absolute atomic E-state index is 11.9. The van der Waals surface area contributed by atoms with Gasteiger partial charge in [0.05, 0.1) is 0 Å². The highest BCUT2D eigenvalue weighted by atomic mass is 16.6. The molecule has 0 bridgehead atoms. The predicted molar refractivity (Wildman–Crippen MR) is 74.5 cm³/mol. The fourth-order valence-electron chi connectivity index (χ4n) is 1.79. The molecular formula is C15H16N2O3. The van der Waals surface area contributed by atoms with Gasteiger partial charge in [-0.3, -0.25) is 4.79 Å². The molecule has 1 aliphatic heterocycles. The van der Waals surface area contributed by atoms with Crippen molar-refractivity contribution in [2.75, 3.05) is 20.6 Å². The van der Waals surface area contributed by atoms with Crippen LogP contribution in [0.15, 0.2) is 53.1 Å². The summed E-state index contributed by atoms with van der Waals surface area (Å²) in [6.45, 7) is 2.02. The Hall–Kier alpha value is -2.52. The summed E-state index contributed by atoms with van der Waals surface area (Å²) < 4.78 is 4.96. The van der Waals surface area contributed by atoms with Crippen LogP contribution in [0, 0.1) is 0 Å². The van der Waals surface area contributed by atoms with Gasteiger partial charge in [0.25, 0.3) is 5.91 Å². The highest BCUT2D eigenvalue weighted by Gasteiger charge is 2.35. The van der Waals surface area contributed by atoms with E-state index in [4.69, 9.17) is 4.74 Å². The standard InChI is InChI=1S/C15H16N2O3/c1-4-17-14(18)13(20-15(17)19)10-11-6-5-7-12(9-8-11)16(2)3/h6-10H,4H2,1-3H3/b13-10+. The molecule has 104 valence electrons. The third kappa shape index (κ3) is 2.73. The van der Waals surface area contributed by atoms with Crippen LogP contribution in [-0.2, 0) is 9.53 Å². The number of carbonyl (C=O) groups excluding carboxylic acids is 2. The van der Waals surface area contributed by atoms with Gasteiger partial charge in [-0.25, -0.2) is 9.69 Å². The second-order valence-electron chi connectivity index (χ2n) is 4.53. The summed E-state index contributed by atoms with van der Waals surface area (Å²) in [5, 5.41) is 0. The van der Waals surface area contributed by atoms with Crippen molar-refractivity contribution in [3.63, 3.8) is 0 Å². The van der Waals surface area contributed by atoms with Crippen molar-refractivity contribution < 1.29 is 14.3 Å². The van der Waals surface area contributed by atoms with Crippen molar-refractivity contribution in [1.82, 2.24) is 9.80 Å². The minimum Gasteiger partial charge on any atom is -0.404 e. The lowest BCUT2D eigenvalue weighted by Crippen LogP contribution is -2.28. The van der Waals surface area contributed by atoms with Gasteiger partial charge in [-0.1, -0.05) is 6.08 Å². The van der Waals surface area contributed by atoms with Crippen LogP contribution < -0.4 is 0 Å². The van der Waals surface area contributed by atoms with E-state index in [-0.39, 0.29) is 5.76 Å². The number of nitrogens with zero attached hydrogens (tertiary/aromatic N) is 2. The SMILES string of the molecule is CCN1C(=O)O/C(=C/C2=CC=C(N(C)C)C=C=C2)C1=O. The Morgan fingerprint density at radius 2 is 2.05 bits per heavy atom. The second kappa shape index (κ2) is 5.63. The Labute approximate surface area is 117 Å². The lowest BCUT2D eigenvalue weighted by molar-refractivity contribution is -0.123. The largest absolute Gasteiger partial charge is 0.422 e. The number of hydrogen-bond acceptors (Lipinski definition) is 4. The number of imide groups is 1. The summed E-state index contributed by atoms with van der Waals surface area (Å²) in [5.74, 6) is -0.361. The highest BCUT2D eigenvalue weighted by Crippen LogP contribution is 2.19. The van der Waals surface area contributed by atoms with Gasteiger partial charge in [0.1, 0.15) is 0 Å². The number of ether oxygens (including phenoxy) is 1. The Bertz CT molecular complexity index is 603. The Balaban J connectivity index is 2.27. The number of amides is 2. The monoisotopic (exact) mass is 272 g/mol. The first-order valence-electron chi connectivity index (χ1n) is 6.30. The number of rotatable bonds is 3. The van der Waals surface area contributed by atoms with Crippen molar-refractivity contribution in [3.05, 3.63) is 53.1 Å². The zero-order valence-electron chi connectivity index (χ0n) is 11.7. The van der Waals surface area contributed by atoms with Crippen molar-refractivity contribution >= 4 is 12.0 Å². The predicted octanol–water partition coefficient (Wildman–Crippen LogP) is 1.97. The van der Waals surface area contributed by atoms with E-state index < -0.39 is 12.0 Å². The van der Waals surface area contributed by atoms with Gasteiger partial charge in [0.2, 0.25) is 0 Å². The zero-order valence-corrected chi connectivity index (χ0v) is 11.7. The quantitative estimate of drug-likeness (QED) is 0.582. The number of likely N-dealkylation sites (N-methyl/N-ethyl adjacent to an activating group) is 2. The molecule has 0 unspecified atom stereocenters. The van der Waals surface area contributed by atoms with Gasteiger partial charge in [-0.05, 0) is 30.7 Å². The first-order valence-corrected chi connectivity index (χ1v) is 6.30. The maximum atomic E-state index is 11.9. The van der Waals surface area contributed by atoms with Crippen LogP contribution in [-0.4, -0.2) is 42.4 Å². The molecule has 2 amide bonds. The van der Waals surface area contributed by atoms with E-state index in [0.717, 1.165) is 16.2 Å². The summed E-state index contributed by atoms with van der Waals surface area (Å²) in [6, 6.07) is 0. The van der Waals surface area contributed by atoms with E-state index in [0.29, 0.717) is 6.54 Å². The third-order valence-corrected chi connectivity index (χ3v) is 2.93. The zero-order chi connectivity index (χ0) is 14.7. The molecule has 0 aromatic carbocycles. The Kier molecular flexibility index (Phi) is 3.91. The fraction of sp³-hybridized carbons (Fsp3) is 0.267. The van der Waals surface area contributed by atoms with Gasteiger partial charge < -0.3 is 9.64 Å². The third-order valence-electron chi connectivity index (χ3n) is 2.93. The van der Waals surface area contributed by atoms with E-state index >= 15 is 0 Å². The molecule has 0 spiro atoms. The lowest BCUT2D eigenvalue weighted by Gasteiger charge is -2.11. The molecule has 0 saturated carbocycles. The van der Waals surface area contributed by atoms with Crippen LogP contribution in [0.25, 0.3) is 0 Å². The average Bonchev–Trinajstić information content (AvgIpc) is 2.58. The van der Waals surface area contributed by atoms with Crippen LogP contribution in [0.3, 0.4) is 0 Å². The van der Waals surface area contributed by atoms with Crippen LogP contribution in [0.2, 0.25) is 0 Å². The molecule has 0 aromatic rings. The molecule has 1 aliphatic carbocycles. The minimum atomic E-state index is -0.623. The number of cyclic esters (lactones) is 1. The second-order valence-corrected chi connectivity index (χ2v) is 4.53. The number of allylic oxidation sites excluding steroid dienone is 5. The van der Waals surface area contributed by atoms with Crippen molar-refractivity contribution in [2.45, 2.75) is 6.92 Å². The topological polar surface area (TPSA) is 49.9 Å². The van der Waals surface area contributed by atoms with Gasteiger partial charge in [0, 0.05) is 32.4 Å². The molecule has 20 heavy (non-hydrogen) atoms. The first-order chi connectivity index (χ1) is 9.52. The summed E-state index contributed by atoms with van der Waals surface area (Å²) >= 11 is 0. The van der Waals surface area contributed by atoms with Crippen LogP contribution in [0.4, 0.5) is 4.79 Å². The highest BCUT2D eigenvalue weighted by molar-refractivity contribution is 6.07. The molecule has 1 saturated heterocycles. The maximum Gasteiger partial charge on any atom is 0.422 e. The minimum absolute atomic E-state index is 0.0443. The lowest BCUT2D eigenvalue weighted by atomic mass is 10.2. The van der Waals surface area contributed by atoms with Crippen molar-refractivity contribution in [3.8, 4) is 0 Å². The van der Waals surface area contributed by atoms with E-state index in [1.165, 1.54) is 0 Å². The van der Waals surface area contributed by atoms with Gasteiger partial charge >= 0.3 is 6.09 Å². The van der Waals surface area contributed by atoms with E-state index in [1.54, 1.807) is 19.1 Å². The summed E-state index contributed by atoms with van der Waals surface area (Å²) in [7, 11) is 3.87. The molecule has 2 aliphatic rings. The molecular weight excluding hydrogens is 256 g/mol. The van der Waals surface area contributed by atoms with Crippen molar-refractivity contribution in [2.24, 2.45) is 0 Å². The van der Waals surface area contributed by atoms with E-state index in [9.17, 15) is 9.59 Å². The average molecular weight is 272 g/mol. The summed E-state index contributed by atoms with van der Waals surface area (Å²) in [4.78, 5) is 26.4. The van der Waals surface area contributed by atoms with Gasteiger partial charge in [0.15, 0.2) is 5.76 Å². The Morgan fingerprint density at radius 1 is 1.30 bits per heavy atom. The van der Waals surface area contributed by atoms with E-state index in [1.807, 2.05) is 37.2 Å². The Morgan fingerprint density at radius 3 is 2.65 bits per heavy atom. The molecule has 2 rings (SSSR count). The summed E-state index contributed by atoms with van der Waals surface area (Å²) in [6.07, 6.45) is 8.24. The molecule has 1 fully saturated rings. The molecule has 5 heteroatoms. The van der Waals surface area contributed by atoms with Crippen LogP contribution >= 0.6 is 0 Å². The first kappa shape index (κ1) is 13.9. The van der Waals surface area contributed by atoms with Crippen LogP contribution in [0.5, 0.6) is 0 Å². The molecule has 1 heterocycles. The van der Waals surface area contributed by atoms with Gasteiger partial charge in [-0.2, -0.15) is 0 Å². The molecule has 0 atom stereocenters. The van der Waals surface area contributed by atoms with Crippen LogP contribution in [0.1, 0.15) is 6.92 Å². The smallest absolute Gasteiger partial charge is 0.404 e. The molecule has 0 N–H and O–H groups in total. The van der Waals surface area contributed by atoms with Crippen molar-refractivity contribution in [1.29, 1.82) is 0 Å².